The molecule has 0 heteroatoms. The summed E-state index contributed by atoms with van der Waals surface area (Å²) in [6, 6.07) is 0. The fourth-order valence-corrected chi connectivity index (χ4v) is 2.15. The van der Waals surface area contributed by atoms with E-state index in [4.69, 9.17) is 0 Å². The van der Waals surface area contributed by atoms with Crippen LogP contribution in [-0.2, 0) is 0 Å². The molecule has 1 saturated carbocycles. The molecule has 1 aliphatic carbocycles. The van der Waals surface area contributed by atoms with Gasteiger partial charge in [-0.3, -0.25) is 0 Å². The van der Waals surface area contributed by atoms with Crippen LogP contribution in [0.15, 0.2) is 25.3 Å². The van der Waals surface area contributed by atoms with Crippen molar-refractivity contribution < 1.29 is 0 Å². The molecule has 0 aromatic rings. The lowest BCUT2D eigenvalue weighted by molar-refractivity contribution is 0.258. The molecule has 0 aromatic carbocycles. The second-order valence-electron chi connectivity index (χ2n) is 3.85. The minimum absolute atomic E-state index is 0.702. The van der Waals surface area contributed by atoms with Crippen molar-refractivity contribution in [1.29, 1.82) is 0 Å². The van der Waals surface area contributed by atoms with Gasteiger partial charge < -0.3 is 0 Å². The molecule has 0 aromatic heterocycles. The van der Waals surface area contributed by atoms with Crippen LogP contribution in [0.2, 0.25) is 0 Å². The van der Waals surface area contributed by atoms with Crippen molar-refractivity contribution in [3.8, 4) is 0 Å². The normalized spacial score (nSPS) is 35.9. The van der Waals surface area contributed by atoms with Gasteiger partial charge in [-0.05, 0) is 37.0 Å². The van der Waals surface area contributed by atoms with Crippen LogP contribution >= 0.6 is 0 Å². The van der Waals surface area contributed by atoms with Crippen LogP contribution in [0.5, 0.6) is 0 Å². The molecule has 0 spiro atoms. The smallest absolute Gasteiger partial charge is 0.0228 e. The number of rotatable bonds is 3. The minimum Gasteiger partial charge on any atom is -0.103 e. The summed E-state index contributed by atoms with van der Waals surface area (Å²) in [6.07, 6.45) is 9.09. The van der Waals surface area contributed by atoms with E-state index < -0.39 is 0 Å². The highest BCUT2D eigenvalue weighted by atomic mass is 14.3. The van der Waals surface area contributed by atoms with Crippen molar-refractivity contribution in [3.05, 3.63) is 32.2 Å². The van der Waals surface area contributed by atoms with Gasteiger partial charge in [-0.2, -0.15) is 0 Å². The molecular weight excluding hydrogens is 144 g/mol. The Bertz CT molecular complexity index is 141. The standard InChI is InChI=1S/C12H19/c1-4-10-7-11(5-2)9-12(6-3)8-10/h4-5,10-12H,1-3,6-9H2. The first kappa shape index (κ1) is 9.57. The van der Waals surface area contributed by atoms with Crippen molar-refractivity contribution in [2.45, 2.75) is 25.7 Å². The Morgan fingerprint density at radius 3 is 1.83 bits per heavy atom. The van der Waals surface area contributed by atoms with Gasteiger partial charge in [0.1, 0.15) is 0 Å². The van der Waals surface area contributed by atoms with Gasteiger partial charge in [0.15, 0.2) is 0 Å². The predicted molar refractivity (Wildman–Crippen MR) is 54.7 cm³/mol. The number of hydrogen-bond acceptors (Lipinski definition) is 0. The van der Waals surface area contributed by atoms with E-state index in [9.17, 15) is 0 Å². The Hall–Kier alpha value is -0.520. The summed E-state index contributed by atoms with van der Waals surface area (Å²) in [5, 5.41) is 0. The Morgan fingerprint density at radius 1 is 1.00 bits per heavy atom. The third-order valence-corrected chi connectivity index (χ3v) is 2.95. The second kappa shape index (κ2) is 4.49. The van der Waals surface area contributed by atoms with Gasteiger partial charge in [-0.1, -0.05) is 25.5 Å². The number of hydrogen-bond donors (Lipinski definition) is 0. The van der Waals surface area contributed by atoms with Crippen LogP contribution in [0, 0.1) is 24.7 Å². The van der Waals surface area contributed by atoms with E-state index in [0.717, 1.165) is 12.3 Å². The molecule has 1 radical (unpaired) electrons. The molecule has 1 aliphatic rings. The maximum Gasteiger partial charge on any atom is -0.0228 e. The Balaban J connectivity index is 2.51. The monoisotopic (exact) mass is 163 g/mol. The van der Waals surface area contributed by atoms with Crippen molar-refractivity contribution >= 4 is 0 Å². The first-order valence-corrected chi connectivity index (χ1v) is 4.84. The zero-order chi connectivity index (χ0) is 8.97. The van der Waals surface area contributed by atoms with Crippen LogP contribution < -0.4 is 0 Å². The summed E-state index contributed by atoms with van der Waals surface area (Å²) in [6.45, 7) is 11.7. The van der Waals surface area contributed by atoms with Crippen LogP contribution in [0.25, 0.3) is 0 Å². The second-order valence-corrected chi connectivity index (χ2v) is 3.85. The molecular formula is C12H19. The average molecular weight is 163 g/mol. The molecule has 0 aliphatic heterocycles. The van der Waals surface area contributed by atoms with Crippen molar-refractivity contribution in [1.82, 2.24) is 0 Å². The average Bonchev–Trinajstić information content (AvgIpc) is 2.16. The summed E-state index contributed by atoms with van der Waals surface area (Å²) in [5.74, 6) is 2.20. The maximum atomic E-state index is 3.98. The molecule has 0 nitrogen and oxygen atoms in total. The molecule has 67 valence electrons. The van der Waals surface area contributed by atoms with Gasteiger partial charge in [0.25, 0.3) is 0 Å². The first-order chi connectivity index (χ1) is 5.80. The first-order valence-electron chi connectivity index (χ1n) is 4.84. The third-order valence-electron chi connectivity index (χ3n) is 2.95. The molecule has 0 saturated heterocycles. The van der Waals surface area contributed by atoms with Crippen molar-refractivity contribution in [3.63, 3.8) is 0 Å². The van der Waals surface area contributed by atoms with Gasteiger partial charge in [-0.15, -0.1) is 13.2 Å². The zero-order valence-electron chi connectivity index (χ0n) is 7.84. The van der Waals surface area contributed by atoms with Crippen LogP contribution in [0.1, 0.15) is 25.7 Å². The maximum absolute atomic E-state index is 3.98. The highest BCUT2D eigenvalue weighted by Gasteiger charge is 2.24. The highest BCUT2D eigenvalue weighted by Crippen LogP contribution is 2.35. The topological polar surface area (TPSA) is 0 Å². The summed E-state index contributed by atoms with van der Waals surface area (Å²) in [5.41, 5.74) is 0. The molecule has 12 heavy (non-hydrogen) atoms. The van der Waals surface area contributed by atoms with Crippen LogP contribution in [0.4, 0.5) is 0 Å². The third kappa shape index (κ3) is 2.23. The van der Waals surface area contributed by atoms with Gasteiger partial charge in [-0.25, -0.2) is 0 Å². The molecule has 2 unspecified atom stereocenters. The van der Waals surface area contributed by atoms with E-state index in [-0.39, 0.29) is 0 Å². The summed E-state index contributed by atoms with van der Waals surface area (Å²) >= 11 is 0. The lowest BCUT2D eigenvalue weighted by atomic mass is 9.74. The van der Waals surface area contributed by atoms with Gasteiger partial charge in [0.05, 0.1) is 0 Å². The zero-order valence-corrected chi connectivity index (χ0v) is 7.84. The lowest BCUT2D eigenvalue weighted by Crippen LogP contribution is -2.20. The quantitative estimate of drug-likeness (QED) is 0.557. The molecule has 2 atom stereocenters. The van der Waals surface area contributed by atoms with E-state index >= 15 is 0 Å². The molecule has 0 N–H and O–H groups in total. The molecule has 0 amide bonds. The van der Waals surface area contributed by atoms with E-state index in [2.05, 4.69) is 32.2 Å². The van der Waals surface area contributed by atoms with Crippen molar-refractivity contribution in [2.24, 2.45) is 17.8 Å². The van der Waals surface area contributed by atoms with E-state index in [1.165, 1.54) is 19.3 Å². The largest absolute Gasteiger partial charge is 0.103 e. The predicted octanol–water partition coefficient (Wildman–Crippen LogP) is 3.62. The Morgan fingerprint density at radius 2 is 1.50 bits per heavy atom. The highest BCUT2D eigenvalue weighted by molar-refractivity contribution is 4.93. The fraction of sp³-hybridized carbons (Fsp3) is 0.583. The lowest BCUT2D eigenvalue weighted by Gasteiger charge is -2.31. The van der Waals surface area contributed by atoms with Gasteiger partial charge in [0, 0.05) is 0 Å². The van der Waals surface area contributed by atoms with E-state index in [1.807, 2.05) is 0 Å². The van der Waals surface area contributed by atoms with Crippen molar-refractivity contribution in [2.75, 3.05) is 0 Å². The molecule has 0 heterocycles. The Kier molecular flexibility index (Phi) is 3.58. The summed E-state index contributed by atoms with van der Waals surface area (Å²) < 4.78 is 0. The fourth-order valence-electron chi connectivity index (χ4n) is 2.15. The molecule has 1 rings (SSSR count). The minimum atomic E-state index is 0.702. The SMILES string of the molecule is [CH2]CC1CC(C=C)CC(C=C)C1. The summed E-state index contributed by atoms with van der Waals surface area (Å²) in [7, 11) is 0. The molecule has 1 fully saturated rings. The summed E-state index contributed by atoms with van der Waals surface area (Å²) in [4.78, 5) is 0. The van der Waals surface area contributed by atoms with Gasteiger partial charge in [0.2, 0.25) is 0 Å². The van der Waals surface area contributed by atoms with Crippen LogP contribution in [-0.4, -0.2) is 0 Å². The van der Waals surface area contributed by atoms with E-state index in [0.29, 0.717) is 11.8 Å². The number of allylic oxidation sites excluding steroid dienone is 2. The van der Waals surface area contributed by atoms with Gasteiger partial charge >= 0.3 is 0 Å². The van der Waals surface area contributed by atoms with E-state index in [1.54, 1.807) is 0 Å². The van der Waals surface area contributed by atoms with Crippen LogP contribution in [0.3, 0.4) is 0 Å². The Labute approximate surface area is 76.4 Å². The molecule has 0 bridgehead atoms.